The van der Waals surface area contributed by atoms with Gasteiger partial charge in [-0.05, 0) is 23.5 Å². The van der Waals surface area contributed by atoms with Crippen molar-refractivity contribution < 1.29 is 9.53 Å². The molecule has 2 heteroatoms. The van der Waals surface area contributed by atoms with E-state index in [2.05, 4.69) is 6.07 Å². The first-order valence-electron chi connectivity index (χ1n) is 7.07. The van der Waals surface area contributed by atoms with Crippen LogP contribution in [0.1, 0.15) is 49.3 Å². The van der Waals surface area contributed by atoms with Crippen LogP contribution in [-0.4, -0.2) is 12.4 Å². The van der Waals surface area contributed by atoms with E-state index >= 15 is 0 Å². The van der Waals surface area contributed by atoms with Crippen LogP contribution in [-0.2, 0) is 16.0 Å². The van der Waals surface area contributed by atoms with Crippen LogP contribution < -0.4 is 0 Å². The fraction of sp³-hybridized carbons (Fsp3) is 0.562. The smallest absolute Gasteiger partial charge is 0.166 e. The van der Waals surface area contributed by atoms with Crippen molar-refractivity contribution in [3.63, 3.8) is 0 Å². The molecule has 0 aromatic heterocycles. The summed E-state index contributed by atoms with van der Waals surface area (Å²) in [7, 11) is 0. The van der Waals surface area contributed by atoms with E-state index in [1.807, 2.05) is 18.2 Å². The van der Waals surface area contributed by atoms with E-state index in [9.17, 15) is 4.79 Å². The van der Waals surface area contributed by atoms with Crippen LogP contribution in [0.2, 0.25) is 0 Å². The van der Waals surface area contributed by atoms with Gasteiger partial charge >= 0.3 is 0 Å². The van der Waals surface area contributed by atoms with Crippen molar-refractivity contribution in [3.8, 4) is 0 Å². The monoisotopic (exact) mass is 244 g/mol. The number of hydrogen-bond acceptors (Lipinski definition) is 2. The molecule has 1 aliphatic heterocycles. The van der Waals surface area contributed by atoms with Gasteiger partial charge in [0.15, 0.2) is 5.78 Å². The lowest BCUT2D eigenvalue weighted by molar-refractivity contribution is -0.132. The number of fused-ring (bicyclic) bond motifs is 1. The summed E-state index contributed by atoms with van der Waals surface area (Å²) in [5, 5.41) is 0. The summed E-state index contributed by atoms with van der Waals surface area (Å²) >= 11 is 0. The quantitative estimate of drug-likeness (QED) is 0.814. The van der Waals surface area contributed by atoms with Gasteiger partial charge in [0.1, 0.15) is 6.10 Å². The van der Waals surface area contributed by atoms with E-state index < -0.39 is 0 Å². The van der Waals surface area contributed by atoms with Crippen molar-refractivity contribution in [1.82, 2.24) is 0 Å². The summed E-state index contributed by atoms with van der Waals surface area (Å²) in [6, 6.07) is 8.21. The number of carbonyl (C=O) groups excluding carboxylic acids is 1. The van der Waals surface area contributed by atoms with Gasteiger partial charge in [0.05, 0.1) is 6.61 Å². The largest absolute Gasteiger partial charge is 0.365 e. The zero-order valence-corrected chi connectivity index (χ0v) is 10.7. The molecule has 2 nitrogen and oxygen atoms in total. The van der Waals surface area contributed by atoms with Crippen LogP contribution in [0.3, 0.4) is 0 Å². The molecule has 0 saturated heterocycles. The van der Waals surface area contributed by atoms with Gasteiger partial charge < -0.3 is 4.74 Å². The Bertz CT molecular complexity index is 432. The van der Waals surface area contributed by atoms with Crippen LogP contribution in [0.5, 0.6) is 0 Å². The topological polar surface area (TPSA) is 26.3 Å². The molecule has 1 unspecified atom stereocenters. The minimum atomic E-state index is -0.296. The second kappa shape index (κ2) is 5.23. The maximum absolute atomic E-state index is 12.4. The van der Waals surface area contributed by atoms with Crippen LogP contribution >= 0.6 is 0 Å². The number of rotatable bonds is 3. The molecule has 1 heterocycles. The maximum Gasteiger partial charge on any atom is 0.166 e. The summed E-state index contributed by atoms with van der Waals surface area (Å²) < 4.78 is 5.73. The minimum Gasteiger partial charge on any atom is -0.365 e. The Balaban J connectivity index is 1.74. The average Bonchev–Trinajstić information content (AvgIpc) is 2.91. The summed E-state index contributed by atoms with van der Waals surface area (Å²) in [5.41, 5.74) is 2.39. The first-order chi connectivity index (χ1) is 8.84. The van der Waals surface area contributed by atoms with E-state index in [0.29, 0.717) is 18.9 Å². The fourth-order valence-electron chi connectivity index (χ4n) is 3.27. The fourth-order valence-corrected chi connectivity index (χ4v) is 3.27. The molecule has 1 fully saturated rings. The zero-order valence-electron chi connectivity index (χ0n) is 10.7. The SMILES string of the molecule is O=C(CC1CCCC1)C1OCCc2ccccc21. The third-order valence-electron chi connectivity index (χ3n) is 4.25. The van der Waals surface area contributed by atoms with Gasteiger partial charge in [-0.15, -0.1) is 0 Å². The Morgan fingerprint density at radius 3 is 2.83 bits per heavy atom. The number of ketones is 1. The van der Waals surface area contributed by atoms with Crippen molar-refractivity contribution in [2.24, 2.45) is 5.92 Å². The predicted molar refractivity (Wildman–Crippen MR) is 70.4 cm³/mol. The Hall–Kier alpha value is -1.15. The highest BCUT2D eigenvalue weighted by molar-refractivity contribution is 5.85. The van der Waals surface area contributed by atoms with Gasteiger partial charge in [0.2, 0.25) is 0 Å². The van der Waals surface area contributed by atoms with E-state index in [-0.39, 0.29) is 11.9 Å². The summed E-state index contributed by atoms with van der Waals surface area (Å²) in [5.74, 6) is 0.893. The third-order valence-corrected chi connectivity index (χ3v) is 4.25. The lowest BCUT2D eigenvalue weighted by Crippen LogP contribution is -2.24. The highest BCUT2D eigenvalue weighted by Crippen LogP contribution is 2.33. The van der Waals surface area contributed by atoms with Crippen molar-refractivity contribution >= 4 is 5.78 Å². The van der Waals surface area contributed by atoms with Crippen LogP contribution in [0, 0.1) is 5.92 Å². The average molecular weight is 244 g/mol. The van der Waals surface area contributed by atoms with Crippen LogP contribution in [0.4, 0.5) is 0 Å². The molecule has 18 heavy (non-hydrogen) atoms. The lowest BCUT2D eigenvalue weighted by atomic mass is 9.91. The van der Waals surface area contributed by atoms with Crippen LogP contribution in [0.25, 0.3) is 0 Å². The van der Waals surface area contributed by atoms with Gasteiger partial charge in [0, 0.05) is 6.42 Å². The molecule has 96 valence electrons. The predicted octanol–water partition coefficient (Wildman–Crippen LogP) is 3.45. The molecule has 1 saturated carbocycles. The van der Waals surface area contributed by atoms with Gasteiger partial charge in [-0.2, -0.15) is 0 Å². The second-order valence-corrected chi connectivity index (χ2v) is 5.52. The van der Waals surface area contributed by atoms with Crippen molar-refractivity contribution in [1.29, 1.82) is 0 Å². The number of Topliss-reactive ketones (excluding diaryl/α,β-unsaturated/α-hetero) is 1. The summed E-state index contributed by atoms with van der Waals surface area (Å²) in [4.78, 5) is 12.4. The molecule has 0 spiro atoms. The molecule has 0 bridgehead atoms. The molecule has 1 aromatic rings. The third kappa shape index (κ3) is 2.35. The molecule has 0 radical (unpaired) electrons. The number of hydrogen-bond donors (Lipinski definition) is 0. The minimum absolute atomic E-state index is 0.286. The Morgan fingerprint density at radius 2 is 2.00 bits per heavy atom. The molecular weight excluding hydrogens is 224 g/mol. The second-order valence-electron chi connectivity index (χ2n) is 5.52. The first-order valence-corrected chi connectivity index (χ1v) is 7.07. The van der Waals surface area contributed by atoms with Crippen molar-refractivity contribution in [3.05, 3.63) is 35.4 Å². The molecule has 0 amide bonds. The summed E-state index contributed by atoms with van der Waals surface area (Å²) in [6.07, 6.45) is 6.37. The Labute approximate surface area is 108 Å². The van der Waals surface area contributed by atoms with E-state index in [1.165, 1.54) is 31.2 Å². The highest BCUT2D eigenvalue weighted by Gasteiger charge is 2.29. The zero-order chi connectivity index (χ0) is 12.4. The number of carbonyl (C=O) groups is 1. The number of ether oxygens (including phenoxy) is 1. The number of benzene rings is 1. The van der Waals surface area contributed by atoms with Gasteiger partial charge in [0.25, 0.3) is 0 Å². The van der Waals surface area contributed by atoms with Gasteiger partial charge in [-0.25, -0.2) is 0 Å². The van der Waals surface area contributed by atoms with E-state index in [4.69, 9.17) is 4.74 Å². The molecule has 1 aliphatic carbocycles. The molecule has 2 aliphatic rings. The van der Waals surface area contributed by atoms with E-state index in [0.717, 1.165) is 12.0 Å². The Morgan fingerprint density at radius 1 is 1.22 bits per heavy atom. The van der Waals surface area contributed by atoms with Gasteiger partial charge in [-0.3, -0.25) is 4.79 Å². The molecule has 3 rings (SSSR count). The van der Waals surface area contributed by atoms with Gasteiger partial charge in [-0.1, -0.05) is 49.9 Å². The molecule has 1 aromatic carbocycles. The Kier molecular flexibility index (Phi) is 3.46. The standard InChI is InChI=1S/C16H20O2/c17-15(11-12-5-1-2-6-12)16-14-8-4-3-7-13(14)9-10-18-16/h3-4,7-8,12,16H,1-2,5-6,9-11H2. The normalized spacial score (nSPS) is 23.9. The van der Waals surface area contributed by atoms with Crippen LogP contribution in [0.15, 0.2) is 24.3 Å². The summed E-state index contributed by atoms with van der Waals surface area (Å²) in [6.45, 7) is 0.679. The highest BCUT2D eigenvalue weighted by atomic mass is 16.5. The molecule has 0 N–H and O–H groups in total. The lowest BCUT2D eigenvalue weighted by Gasteiger charge is -2.25. The van der Waals surface area contributed by atoms with E-state index in [1.54, 1.807) is 0 Å². The first kappa shape index (κ1) is 11.9. The molecule has 1 atom stereocenters. The molecular formula is C16H20O2. The van der Waals surface area contributed by atoms with Crippen molar-refractivity contribution in [2.75, 3.05) is 6.61 Å². The van der Waals surface area contributed by atoms with Crippen molar-refractivity contribution in [2.45, 2.75) is 44.6 Å². The maximum atomic E-state index is 12.4.